The molecule has 0 aromatic rings. The van der Waals surface area contributed by atoms with Crippen LogP contribution in [0.4, 0.5) is 0 Å². The van der Waals surface area contributed by atoms with Crippen molar-refractivity contribution in [3.8, 4) is 0 Å². The zero-order valence-electron chi connectivity index (χ0n) is 96.5. The molecule has 3 heterocycles. The third kappa shape index (κ3) is 69.1. The van der Waals surface area contributed by atoms with Crippen molar-refractivity contribution in [2.45, 2.75) is 566 Å². The minimum Gasteiger partial charge on any atom is -0.756 e. The fraction of sp³-hybridized carbons (Fsp3) is 0.936. The fourth-order valence-electron chi connectivity index (χ4n) is 18.9. The van der Waals surface area contributed by atoms with Gasteiger partial charge < -0.3 is 110 Å². The van der Waals surface area contributed by atoms with Crippen LogP contribution in [0.25, 0.3) is 0 Å². The van der Waals surface area contributed by atoms with Crippen molar-refractivity contribution < 1.29 is 224 Å². The molecule has 0 aromatic heterocycles. The van der Waals surface area contributed by atoms with Crippen LogP contribution < -0.4 is 68.9 Å². The number of phosphoric acid groups is 2. The molecule has 0 radical (unpaired) electrons. The normalized spacial score (nSPS) is 25.8. The second-order valence-electron chi connectivity index (χ2n) is 42.4. The van der Waals surface area contributed by atoms with Crippen LogP contribution in [-0.4, -0.2) is 255 Å². The number of aliphatic hydroxyl groups is 5. The first kappa shape index (κ1) is 150. The van der Waals surface area contributed by atoms with Crippen molar-refractivity contribution in [2.24, 2.45) is 23.7 Å². The Labute approximate surface area is 947 Å². The van der Waals surface area contributed by atoms with Gasteiger partial charge in [-0.05, 0) is 107 Å². The molecule has 6 N–H and O–H groups in total. The quantitative estimate of drug-likeness (QED) is 0.00822. The standard InChI is InChI=1S/C57H110O17P2.C40H71NO14.C12H26O4S.2Na/c1-5-9-13-17-21-25-29-33-37-41-54(59)67-47-52(73-56(61)43-39-35-31-27-23-19-15-11-7-3)49-71-75(63,64)69-45-51(58)46-70-76(65,66)72-50-53(74-57(62)44-40-36-32-28-24-20-16-12-8-4)48-68-55(60)42-38-34-30-26-22-18-14-10-6-2;1-15-27-40(11,48)33(44)22(5)30(43)20(3)18-38(9,47)35(55-37-32(53-28(42)16-2)26(41(12)13)17-21(4)50-37)23(6)31(24(7)36(46)52-27)54-29-19-39(10,49-14)34(45)25(8)51-29;1-2-3-4-5-6-7-8-9-10-11-12-16-17(13,14)15;;/h51-53,58H,5-50H2,1-4H3,(H,63,64)(H,65,66);20-27,29,31-35,37,44-45,47-48H,15-19H2,1-14H3;2-12H2,1H3,(H,13,14,15);;/q;;;2*+1/p-2. The van der Waals surface area contributed by atoms with Crippen molar-refractivity contribution in [2.75, 3.05) is 67.5 Å². The fourth-order valence-corrected chi connectivity index (χ4v) is 20.8. The average Bonchev–Trinajstić information content (AvgIpc) is 0.770. The van der Waals surface area contributed by atoms with Crippen LogP contribution in [0.1, 0.15) is 464 Å². The molecule has 3 saturated heterocycles. The van der Waals surface area contributed by atoms with Crippen LogP contribution in [0.15, 0.2) is 0 Å². The van der Waals surface area contributed by atoms with Gasteiger partial charge in [-0.3, -0.25) is 47.2 Å². The average molecular weight is 2230 g/mol. The molecule has 22 unspecified atom stereocenters. The van der Waals surface area contributed by atoms with Gasteiger partial charge in [-0.1, -0.05) is 332 Å². The molecule has 874 valence electrons. The molecule has 0 amide bonds. The van der Waals surface area contributed by atoms with Gasteiger partial charge in [-0.2, -0.15) is 8.42 Å². The monoisotopic (exact) mass is 2230 g/mol. The van der Waals surface area contributed by atoms with E-state index in [-0.39, 0.29) is 129 Å². The van der Waals surface area contributed by atoms with Crippen LogP contribution in [0, 0.1) is 23.7 Å². The molecule has 0 aromatic carbocycles. The van der Waals surface area contributed by atoms with Gasteiger partial charge in [-0.25, -0.2) is 4.18 Å². The summed E-state index contributed by atoms with van der Waals surface area (Å²) >= 11 is 0. The molecule has 22 atom stereocenters. The van der Waals surface area contributed by atoms with E-state index in [1.807, 2.05) is 25.9 Å². The second kappa shape index (κ2) is 86.9. The summed E-state index contributed by atoms with van der Waals surface area (Å²) in [5.41, 5.74) is -4.92. The summed E-state index contributed by atoms with van der Waals surface area (Å²) in [7, 11) is -9.42. The third-order valence-electron chi connectivity index (χ3n) is 28.2. The van der Waals surface area contributed by atoms with Crippen molar-refractivity contribution in [3.05, 3.63) is 0 Å². The minimum absolute atomic E-state index is 0. The summed E-state index contributed by atoms with van der Waals surface area (Å²) < 4.78 is 143. The Morgan fingerprint density at radius 1 is 0.480 bits per heavy atom. The summed E-state index contributed by atoms with van der Waals surface area (Å²) in [5.74, 6) is -7.83. The van der Waals surface area contributed by atoms with E-state index in [0.29, 0.717) is 38.5 Å². The Kier molecular flexibility index (Phi) is 87.0. The Hall–Kier alpha value is -1.86. The molecule has 0 saturated carbocycles. The number of aliphatic hydroxyl groups excluding tert-OH is 3. The molecule has 36 nitrogen and oxygen atoms in total. The number of cyclic esters (lactones) is 1. The van der Waals surface area contributed by atoms with Crippen molar-refractivity contribution in [1.82, 2.24) is 4.90 Å². The van der Waals surface area contributed by atoms with Crippen LogP contribution in [0.5, 0.6) is 0 Å². The number of ketones is 1. The molecule has 0 bridgehead atoms. The summed E-state index contributed by atoms with van der Waals surface area (Å²) in [6, 6.07) is -0.319. The van der Waals surface area contributed by atoms with Crippen molar-refractivity contribution in [3.63, 3.8) is 0 Å². The molecule has 150 heavy (non-hydrogen) atoms. The van der Waals surface area contributed by atoms with E-state index in [0.717, 1.165) is 116 Å². The molecule has 0 aliphatic carbocycles. The topological polar surface area (TPSA) is 506 Å². The minimum atomic E-state index is -5.20. The number of nitrogens with zero attached hydrogens (tertiary/aromatic N) is 1. The first-order chi connectivity index (χ1) is 70.1. The van der Waals surface area contributed by atoms with E-state index < -0.39 is 221 Å². The number of rotatable bonds is 79. The van der Waals surface area contributed by atoms with E-state index in [1.165, 1.54) is 176 Å². The third-order valence-corrected chi connectivity index (χ3v) is 30.5. The Balaban J connectivity index is 0. The predicted molar refractivity (Wildman–Crippen MR) is 564 cm³/mol. The maximum absolute atomic E-state index is 14.2. The first-order valence-corrected chi connectivity index (χ1v) is 61.2. The van der Waals surface area contributed by atoms with Gasteiger partial charge in [0.05, 0.1) is 86.7 Å². The number of methoxy groups -OCH3 is 1. The SMILES string of the molecule is CCC(=O)OC1C(OC2C(C)C(OC3CC(C)(OC)C(O)C(C)O3)C(C)C(=O)OC(CC)C(C)(O)C(O)C(C)C(=O)C(C)CC2(C)O)OC(C)CC1N(C)C.CCCCCCCCCCCC(=O)OCC(COP(=O)([O-])OCC(O)COP(=O)([O-])OCC(COC(=O)CCCCCCCCCCC)OC(=O)CCCCCCCCCCC)OC(=O)CCCCCCCCCCC.CCCCCCCCCCCCOS(=O)(=O)O.[Na+].[Na+]. The largest absolute Gasteiger partial charge is 1.00 e. The number of hydrogen-bond donors (Lipinski definition) is 6. The van der Waals surface area contributed by atoms with Crippen LogP contribution in [0.2, 0.25) is 0 Å². The van der Waals surface area contributed by atoms with Gasteiger partial charge in [0, 0.05) is 63.4 Å². The Morgan fingerprint density at radius 2 is 0.840 bits per heavy atom. The molecule has 3 aliphatic heterocycles. The molecular formula is C109H205NNa2O35P2S. The summed E-state index contributed by atoms with van der Waals surface area (Å²) in [4.78, 5) is 119. The number of unbranched alkanes of at least 4 members (excludes halogenated alkanes) is 41. The van der Waals surface area contributed by atoms with Crippen LogP contribution in [0.3, 0.4) is 0 Å². The van der Waals surface area contributed by atoms with Gasteiger partial charge in [0.2, 0.25) is 0 Å². The van der Waals surface area contributed by atoms with Crippen LogP contribution >= 0.6 is 15.6 Å². The summed E-state index contributed by atoms with van der Waals surface area (Å²) in [6.07, 6.45) is 36.4. The number of ether oxygens (including phenoxy) is 11. The van der Waals surface area contributed by atoms with E-state index in [9.17, 15) is 86.4 Å². The smallest absolute Gasteiger partial charge is 0.756 e. The molecule has 41 heteroatoms. The van der Waals surface area contributed by atoms with Crippen molar-refractivity contribution in [1.29, 1.82) is 0 Å². The molecule has 3 rings (SSSR count). The molecule has 3 fully saturated rings. The van der Waals surface area contributed by atoms with E-state index >= 15 is 0 Å². The summed E-state index contributed by atoms with van der Waals surface area (Å²) in [5, 5.41) is 57.0. The van der Waals surface area contributed by atoms with Crippen molar-refractivity contribution >= 4 is 67.6 Å². The predicted octanol–water partition coefficient (Wildman–Crippen LogP) is 14.4. The number of esters is 6. The number of hydrogen-bond acceptors (Lipinski definition) is 35. The molecule has 3 aliphatic rings. The second-order valence-corrected chi connectivity index (χ2v) is 46.3. The maximum Gasteiger partial charge on any atom is 1.00 e. The van der Waals surface area contributed by atoms with Crippen LogP contribution in [-0.2, 0) is 127 Å². The first-order valence-electron chi connectivity index (χ1n) is 56.9. The maximum atomic E-state index is 14.2. The van der Waals surface area contributed by atoms with E-state index in [1.54, 1.807) is 48.5 Å². The van der Waals surface area contributed by atoms with Gasteiger partial charge in [0.25, 0.3) is 15.6 Å². The zero-order chi connectivity index (χ0) is 111. The number of carbonyl (C=O) groups is 7. The number of carbonyl (C=O) groups excluding carboxylic acids is 7. The van der Waals surface area contributed by atoms with Gasteiger partial charge in [-0.15, -0.1) is 0 Å². The van der Waals surface area contributed by atoms with Gasteiger partial charge in [0.15, 0.2) is 30.9 Å². The Bertz CT molecular complexity index is 3590. The Morgan fingerprint density at radius 3 is 1.19 bits per heavy atom. The summed E-state index contributed by atoms with van der Waals surface area (Å²) in [6.45, 7) is 24.7. The number of likely N-dealkylation sites (N-methyl/N-ethyl adjacent to an activating group) is 1. The number of phosphoric ester groups is 2. The van der Waals surface area contributed by atoms with E-state index in [4.69, 9.17) is 74.8 Å². The van der Waals surface area contributed by atoms with E-state index in [2.05, 4.69) is 38.8 Å². The van der Waals surface area contributed by atoms with Gasteiger partial charge >= 0.3 is 105 Å². The molecule has 0 spiro atoms. The van der Waals surface area contributed by atoms with Gasteiger partial charge in [0.1, 0.15) is 42.9 Å². The zero-order valence-corrected chi connectivity index (χ0v) is 103. The molecular weight excluding hydrogens is 2020 g/mol. The number of Topliss-reactive ketones (excluding diaryl/α,β-unsaturated/α-hetero) is 1.